The van der Waals surface area contributed by atoms with Crippen LogP contribution in [0.3, 0.4) is 0 Å². The molecule has 1 aliphatic heterocycles. The van der Waals surface area contributed by atoms with Crippen LogP contribution < -0.4 is 5.32 Å². The lowest BCUT2D eigenvalue weighted by Gasteiger charge is -2.31. The van der Waals surface area contributed by atoms with E-state index in [0.29, 0.717) is 48.0 Å². The summed E-state index contributed by atoms with van der Waals surface area (Å²) in [5.74, 6) is -0.738. The first-order valence-electron chi connectivity index (χ1n) is 11.9. The Kier molecular flexibility index (Phi) is 7.36. The quantitative estimate of drug-likeness (QED) is 0.599. The molecule has 1 saturated heterocycles. The molecule has 1 aliphatic carbocycles. The van der Waals surface area contributed by atoms with Gasteiger partial charge in [-0.15, -0.1) is 11.3 Å². The maximum Gasteiger partial charge on any atom is 0.341 e. The number of carbonyl (C=O) groups is 3. The third-order valence-corrected chi connectivity index (χ3v) is 7.71. The lowest BCUT2D eigenvalue weighted by Crippen LogP contribution is -2.41. The first-order chi connectivity index (χ1) is 16.2. The average Bonchev–Trinajstić information content (AvgIpc) is 3.15. The molecular weight excluding hydrogens is 455 g/mol. The van der Waals surface area contributed by atoms with Crippen LogP contribution in [0.25, 0.3) is 0 Å². The van der Waals surface area contributed by atoms with Crippen LogP contribution in [0.15, 0.2) is 24.3 Å². The van der Waals surface area contributed by atoms with Crippen molar-refractivity contribution in [2.24, 2.45) is 11.8 Å². The van der Waals surface area contributed by atoms with E-state index in [4.69, 9.17) is 4.74 Å². The van der Waals surface area contributed by atoms with Crippen molar-refractivity contribution in [1.82, 2.24) is 4.90 Å². The van der Waals surface area contributed by atoms with E-state index in [0.717, 1.165) is 29.7 Å². The second-order valence-corrected chi connectivity index (χ2v) is 10.7. The highest BCUT2D eigenvalue weighted by atomic mass is 32.1. The topological polar surface area (TPSA) is 75.7 Å². The maximum absolute atomic E-state index is 13.1. The lowest BCUT2D eigenvalue weighted by molar-refractivity contribution is -0.121. The molecule has 1 fully saturated rings. The highest BCUT2D eigenvalue weighted by molar-refractivity contribution is 7.17. The molecule has 1 atom stereocenters. The number of rotatable bonds is 5. The molecule has 1 aromatic heterocycles. The minimum absolute atomic E-state index is 0.126. The smallest absolute Gasteiger partial charge is 0.341 e. The van der Waals surface area contributed by atoms with Crippen LogP contribution in [0, 0.1) is 17.7 Å². The van der Waals surface area contributed by atoms with Crippen LogP contribution in [-0.4, -0.2) is 41.9 Å². The van der Waals surface area contributed by atoms with E-state index in [2.05, 4.69) is 12.2 Å². The molecule has 6 nitrogen and oxygen atoms in total. The van der Waals surface area contributed by atoms with E-state index >= 15 is 0 Å². The van der Waals surface area contributed by atoms with E-state index in [1.165, 1.54) is 35.6 Å². The summed E-state index contributed by atoms with van der Waals surface area (Å²) in [6.45, 7) is 6.74. The molecule has 2 aliphatic rings. The number of halogens is 1. The standard InChI is InChI=1S/C26H31FN2O4S/c1-15(2)33-26(32)22-20-9-4-16(3)14-21(20)34-24(22)28-23(30)17-10-12-29(13-11-17)25(31)18-5-7-19(27)8-6-18/h5-8,15-17H,4,9-14H2,1-3H3,(H,28,30). The zero-order valence-electron chi connectivity index (χ0n) is 19.9. The minimum Gasteiger partial charge on any atom is -0.459 e. The fourth-order valence-corrected chi connectivity index (χ4v) is 6.06. The average molecular weight is 487 g/mol. The number of hydrogen-bond acceptors (Lipinski definition) is 5. The molecule has 1 unspecified atom stereocenters. The number of nitrogens with zero attached hydrogens (tertiary/aromatic N) is 1. The second-order valence-electron chi connectivity index (χ2n) is 9.57. The fourth-order valence-electron chi connectivity index (χ4n) is 4.66. The zero-order chi connectivity index (χ0) is 24.4. The fraction of sp³-hybridized carbons (Fsp3) is 0.500. The van der Waals surface area contributed by atoms with Crippen molar-refractivity contribution in [2.75, 3.05) is 18.4 Å². The summed E-state index contributed by atoms with van der Waals surface area (Å²) < 4.78 is 18.6. The highest BCUT2D eigenvalue weighted by Crippen LogP contribution is 2.40. The number of benzene rings is 1. The summed E-state index contributed by atoms with van der Waals surface area (Å²) in [4.78, 5) is 41.5. The Balaban J connectivity index is 1.43. The van der Waals surface area contributed by atoms with Gasteiger partial charge in [-0.05, 0) is 81.7 Å². The summed E-state index contributed by atoms with van der Waals surface area (Å²) in [7, 11) is 0. The van der Waals surface area contributed by atoms with Gasteiger partial charge in [0.25, 0.3) is 5.91 Å². The zero-order valence-corrected chi connectivity index (χ0v) is 20.7. The molecule has 2 amide bonds. The van der Waals surface area contributed by atoms with Crippen LogP contribution in [0.2, 0.25) is 0 Å². The van der Waals surface area contributed by atoms with Gasteiger partial charge in [-0.1, -0.05) is 6.92 Å². The molecule has 182 valence electrons. The lowest BCUT2D eigenvalue weighted by atomic mass is 9.88. The number of amides is 2. The number of likely N-dealkylation sites (tertiary alicyclic amines) is 1. The van der Waals surface area contributed by atoms with Gasteiger partial charge in [-0.2, -0.15) is 0 Å². The van der Waals surface area contributed by atoms with E-state index in [-0.39, 0.29) is 35.6 Å². The molecule has 34 heavy (non-hydrogen) atoms. The number of thiophene rings is 1. The van der Waals surface area contributed by atoms with Crippen molar-refractivity contribution in [1.29, 1.82) is 0 Å². The number of hydrogen-bond donors (Lipinski definition) is 1. The molecule has 8 heteroatoms. The van der Waals surface area contributed by atoms with Crippen molar-refractivity contribution >= 4 is 34.1 Å². The largest absolute Gasteiger partial charge is 0.459 e. The molecule has 0 saturated carbocycles. The summed E-state index contributed by atoms with van der Waals surface area (Å²) in [6, 6.07) is 5.51. The van der Waals surface area contributed by atoms with Crippen molar-refractivity contribution in [3.63, 3.8) is 0 Å². The van der Waals surface area contributed by atoms with Crippen molar-refractivity contribution in [3.05, 3.63) is 51.7 Å². The Morgan fingerprint density at radius 3 is 2.44 bits per heavy atom. The van der Waals surface area contributed by atoms with Gasteiger partial charge in [-0.25, -0.2) is 9.18 Å². The van der Waals surface area contributed by atoms with E-state index in [1.54, 1.807) is 4.90 Å². The van der Waals surface area contributed by atoms with Crippen LogP contribution in [0.5, 0.6) is 0 Å². The third kappa shape index (κ3) is 5.32. The summed E-state index contributed by atoms with van der Waals surface area (Å²) in [6.07, 6.45) is 3.56. The first-order valence-corrected chi connectivity index (χ1v) is 12.8. The third-order valence-electron chi connectivity index (χ3n) is 6.54. The van der Waals surface area contributed by atoms with Crippen LogP contribution >= 0.6 is 11.3 Å². The monoisotopic (exact) mass is 486 g/mol. The first kappa shape index (κ1) is 24.4. The molecule has 4 rings (SSSR count). The Morgan fingerprint density at radius 1 is 1.12 bits per heavy atom. The van der Waals surface area contributed by atoms with E-state index < -0.39 is 0 Å². The van der Waals surface area contributed by atoms with Crippen LogP contribution in [0.1, 0.15) is 71.2 Å². The van der Waals surface area contributed by atoms with Crippen LogP contribution in [0.4, 0.5) is 9.39 Å². The number of ether oxygens (including phenoxy) is 1. The second kappa shape index (κ2) is 10.3. The van der Waals surface area contributed by atoms with Crippen molar-refractivity contribution in [3.8, 4) is 0 Å². The van der Waals surface area contributed by atoms with Gasteiger partial charge in [0.2, 0.25) is 5.91 Å². The molecule has 0 spiro atoms. The predicted molar refractivity (Wildman–Crippen MR) is 130 cm³/mol. The van der Waals surface area contributed by atoms with Gasteiger partial charge < -0.3 is 15.0 Å². The molecule has 2 aromatic rings. The normalized spacial score (nSPS) is 18.5. The summed E-state index contributed by atoms with van der Waals surface area (Å²) in [5, 5.41) is 3.60. The minimum atomic E-state index is -0.381. The summed E-state index contributed by atoms with van der Waals surface area (Å²) in [5.41, 5.74) is 1.97. The SMILES string of the molecule is CC1CCc2c(sc(NC(=O)C3CCN(C(=O)c4ccc(F)cc4)CC3)c2C(=O)OC(C)C)C1. The Labute approximate surface area is 203 Å². The van der Waals surface area contributed by atoms with Gasteiger partial charge in [0.1, 0.15) is 10.8 Å². The number of nitrogens with one attached hydrogen (secondary N) is 1. The maximum atomic E-state index is 13.1. The predicted octanol–water partition coefficient (Wildman–Crippen LogP) is 5.07. The van der Waals surface area contributed by atoms with Gasteiger partial charge in [0, 0.05) is 29.4 Å². The molecule has 0 bridgehead atoms. The van der Waals surface area contributed by atoms with Crippen LogP contribution in [-0.2, 0) is 22.4 Å². The van der Waals surface area contributed by atoms with Gasteiger partial charge in [0.05, 0.1) is 11.7 Å². The number of esters is 1. The van der Waals surface area contributed by atoms with Gasteiger partial charge in [-0.3, -0.25) is 9.59 Å². The highest BCUT2D eigenvalue weighted by Gasteiger charge is 2.32. The Bertz CT molecular complexity index is 1070. The number of piperidine rings is 1. The number of fused-ring (bicyclic) bond motifs is 1. The molecular formula is C26H31FN2O4S. The van der Waals surface area contributed by atoms with Crippen molar-refractivity contribution < 1.29 is 23.5 Å². The molecule has 1 aromatic carbocycles. The van der Waals surface area contributed by atoms with E-state index in [1.807, 2.05) is 13.8 Å². The van der Waals surface area contributed by atoms with E-state index in [9.17, 15) is 18.8 Å². The van der Waals surface area contributed by atoms with Crippen molar-refractivity contribution in [2.45, 2.75) is 59.0 Å². The number of anilines is 1. The Hall–Kier alpha value is -2.74. The molecule has 2 heterocycles. The molecule has 1 N–H and O–H groups in total. The number of carbonyl (C=O) groups excluding carboxylic acids is 3. The molecule has 0 radical (unpaired) electrons. The Morgan fingerprint density at radius 2 is 1.79 bits per heavy atom. The van der Waals surface area contributed by atoms with Gasteiger partial charge >= 0.3 is 5.97 Å². The summed E-state index contributed by atoms with van der Waals surface area (Å²) >= 11 is 1.49. The van der Waals surface area contributed by atoms with Gasteiger partial charge in [0.15, 0.2) is 0 Å².